The van der Waals surface area contributed by atoms with E-state index in [1.807, 2.05) is 24.3 Å². The molecule has 1 aromatic heterocycles. The van der Waals surface area contributed by atoms with Gasteiger partial charge in [-0.3, -0.25) is 0 Å². The fourth-order valence-corrected chi connectivity index (χ4v) is 1.62. The van der Waals surface area contributed by atoms with Crippen LogP contribution in [0.3, 0.4) is 0 Å². The van der Waals surface area contributed by atoms with Gasteiger partial charge in [0, 0.05) is 5.56 Å². The summed E-state index contributed by atoms with van der Waals surface area (Å²) in [6.45, 7) is 2.83. The molecule has 0 unspecified atom stereocenters. The van der Waals surface area contributed by atoms with Crippen LogP contribution in [0.4, 0.5) is 0 Å². The Morgan fingerprint density at radius 1 is 1.19 bits per heavy atom. The van der Waals surface area contributed by atoms with Crippen molar-refractivity contribution in [2.45, 2.75) is 19.8 Å². The number of hydrogen-bond acceptors (Lipinski definition) is 3. The van der Waals surface area contributed by atoms with Gasteiger partial charge in [-0.2, -0.15) is 0 Å². The van der Waals surface area contributed by atoms with Gasteiger partial charge in [-0.05, 0) is 48.7 Å². The molecule has 0 aliphatic carbocycles. The van der Waals surface area contributed by atoms with Gasteiger partial charge in [0.2, 0.25) is 5.76 Å². The molecule has 0 saturated heterocycles. The minimum absolute atomic E-state index is 0.112. The first-order chi connectivity index (χ1) is 10.2. The molecule has 21 heavy (non-hydrogen) atoms. The number of carbonyl (C=O) groups is 1. The highest BCUT2D eigenvalue weighted by molar-refractivity contribution is 5.84. The average Bonchev–Trinajstić information content (AvgIpc) is 2.96. The van der Waals surface area contributed by atoms with Crippen LogP contribution in [0, 0.1) is 11.8 Å². The molecule has 4 nitrogen and oxygen atoms in total. The molecule has 1 heterocycles. The van der Waals surface area contributed by atoms with Crippen LogP contribution in [0.1, 0.15) is 41.6 Å². The number of ether oxygens (including phenoxy) is 1. The quantitative estimate of drug-likeness (QED) is 0.673. The normalized spacial score (nSPS) is 9.76. The third kappa shape index (κ3) is 4.43. The summed E-state index contributed by atoms with van der Waals surface area (Å²) in [5, 5.41) is 8.75. The molecule has 1 aromatic carbocycles. The lowest BCUT2D eigenvalue weighted by atomic mass is 10.2. The first-order valence-electron chi connectivity index (χ1n) is 6.77. The van der Waals surface area contributed by atoms with Crippen LogP contribution >= 0.6 is 0 Å². The van der Waals surface area contributed by atoms with Crippen molar-refractivity contribution < 1.29 is 19.1 Å². The number of rotatable bonds is 5. The van der Waals surface area contributed by atoms with E-state index in [0.29, 0.717) is 12.4 Å². The predicted molar refractivity (Wildman–Crippen MR) is 78.5 cm³/mol. The van der Waals surface area contributed by atoms with E-state index in [9.17, 15) is 4.79 Å². The zero-order valence-corrected chi connectivity index (χ0v) is 11.8. The van der Waals surface area contributed by atoms with Gasteiger partial charge in [0.25, 0.3) is 0 Å². The molecule has 1 N–H and O–H groups in total. The predicted octanol–water partition coefficient (Wildman–Crippen LogP) is 3.56. The van der Waals surface area contributed by atoms with Gasteiger partial charge in [-0.1, -0.05) is 19.3 Å². The molecule has 0 amide bonds. The highest BCUT2D eigenvalue weighted by atomic mass is 16.5. The van der Waals surface area contributed by atoms with Crippen molar-refractivity contribution >= 4 is 5.97 Å². The molecule has 0 aliphatic rings. The largest absolute Gasteiger partial charge is 0.494 e. The van der Waals surface area contributed by atoms with Crippen LogP contribution in [0.15, 0.2) is 40.8 Å². The summed E-state index contributed by atoms with van der Waals surface area (Å²) in [4.78, 5) is 10.7. The van der Waals surface area contributed by atoms with Gasteiger partial charge >= 0.3 is 5.97 Å². The van der Waals surface area contributed by atoms with Crippen LogP contribution < -0.4 is 4.74 Å². The maximum atomic E-state index is 10.7. The molecule has 0 spiro atoms. The topological polar surface area (TPSA) is 59.7 Å². The molecule has 4 heteroatoms. The minimum atomic E-state index is -1.10. The molecule has 0 bridgehead atoms. The molecule has 0 aliphatic heterocycles. The molecule has 108 valence electrons. The SMILES string of the molecule is CCCCOc1ccc(C#Cc2ccc(C(=O)O)o2)cc1. The van der Waals surface area contributed by atoms with E-state index in [1.165, 1.54) is 6.07 Å². The summed E-state index contributed by atoms with van der Waals surface area (Å²) < 4.78 is 10.6. The van der Waals surface area contributed by atoms with Crippen molar-refractivity contribution in [2.75, 3.05) is 6.61 Å². The fourth-order valence-electron chi connectivity index (χ4n) is 1.62. The maximum absolute atomic E-state index is 10.7. The Hall–Kier alpha value is -2.67. The lowest BCUT2D eigenvalue weighted by molar-refractivity contribution is 0.0662. The van der Waals surface area contributed by atoms with Crippen LogP contribution in [0.2, 0.25) is 0 Å². The third-order valence-corrected chi connectivity index (χ3v) is 2.77. The second-order valence-electron chi connectivity index (χ2n) is 4.45. The van der Waals surface area contributed by atoms with E-state index >= 15 is 0 Å². The zero-order valence-electron chi connectivity index (χ0n) is 11.8. The Bertz CT molecular complexity index is 656. The lowest BCUT2D eigenvalue weighted by Gasteiger charge is -2.04. The smallest absolute Gasteiger partial charge is 0.371 e. The molecule has 2 rings (SSSR count). The minimum Gasteiger partial charge on any atom is -0.494 e. The van der Waals surface area contributed by atoms with E-state index in [1.54, 1.807) is 6.07 Å². The van der Waals surface area contributed by atoms with Crippen LogP contribution in [-0.4, -0.2) is 17.7 Å². The molecule has 2 aromatic rings. The summed E-state index contributed by atoms with van der Waals surface area (Å²) in [5.74, 6) is 5.64. The van der Waals surface area contributed by atoms with Gasteiger partial charge in [0.15, 0.2) is 5.76 Å². The number of carboxylic acids is 1. The Labute approximate surface area is 123 Å². The number of furan rings is 1. The molecule has 0 radical (unpaired) electrons. The number of carboxylic acid groups (broad SMARTS) is 1. The average molecular weight is 284 g/mol. The van der Waals surface area contributed by atoms with Crippen molar-refractivity contribution in [2.24, 2.45) is 0 Å². The molecule has 0 atom stereocenters. The van der Waals surface area contributed by atoms with Crippen molar-refractivity contribution in [3.63, 3.8) is 0 Å². The van der Waals surface area contributed by atoms with Crippen molar-refractivity contribution in [1.82, 2.24) is 0 Å². The zero-order chi connectivity index (χ0) is 15.1. The van der Waals surface area contributed by atoms with Gasteiger partial charge in [-0.15, -0.1) is 0 Å². The second-order valence-corrected chi connectivity index (χ2v) is 4.45. The van der Waals surface area contributed by atoms with Gasteiger partial charge in [0.05, 0.1) is 6.61 Å². The first-order valence-corrected chi connectivity index (χ1v) is 6.77. The number of aromatic carboxylic acids is 1. The summed E-state index contributed by atoms with van der Waals surface area (Å²) in [5.41, 5.74) is 0.811. The third-order valence-electron chi connectivity index (χ3n) is 2.77. The molecule has 0 fully saturated rings. The van der Waals surface area contributed by atoms with E-state index in [2.05, 4.69) is 18.8 Å². The Morgan fingerprint density at radius 2 is 1.95 bits per heavy atom. The molecule has 0 saturated carbocycles. The lowest BCUT2D eigenvalue weighted by Crippen LogP contribution is -1.95. The summed E-state index contributed by atoms with van der Waals surface area (Å²) in [6.07, 6.45) is 2.14. The van der Waals surface area contributed by atoms with E-state index in [4.69, 9.17) is 14.3 Å². The van der Waals surface area contributed by atoms with Gasteiger partial charge < -0.3 is 14.3 Å². The monoisotopic (exact) mass is 284 g/mol. The van der Waals surface area contributed by atoms with E-state index in [0.717, 1.165) is 24.2 Å². The van der Waals surface area contributed by atoms with Crippen LogP contribution in [0.25, 0.3) is 0 Å². The number of benzene rings is 1. The Kier molecular flexibility index (Phi) is 5.05. The van der Waals surface area contributed by atoms with Crippen molar-refractivity contribution in [3.05, 3.63) is 53.5 Å². The highest BCUT2D eigenvalue weighted by Gasteiger charge is 2.06. The highest BCUT2D eigenvalue weighted by Crippen LogP contribution is 2.12. The summed E-state index contributed by atoms with van der Waals surface area (Å²) in [7, 11) is 0. The van der Waals surface area contributed by atoms with Crippen molar-refractivity contribution in [1.29, 1.82) is 0 Å². The Morgan fingerprint density at radius 3 is 2.57 bits per heavy atom. The van der Waals surface area contributed by atoms with Crippen LogP contribution in [-0.2, 0) is 0 Å². The summed E-state index contributed by atoms with van der Waals surface area (Å²) in [6, 6.07) is 10.4. The number of hydrogen-bond donors (Lipinski definition) is 1. The van der Waals surface area contributed by atoms with E-state index in [-0.39, 0.29) is 5.76 Å². The number of unbranched alkanes of at least 4 members (excludes halogenated alkanes) is 1. The molecular formula is C17H16O4. The first kappa shape index (κ1) is 14.7. The Balaban J connectivity index is 1.99. The summed E-state index contributed by atoms with van der Waals surface area (Å²) >= 11 is 0. The second kappa shape index (κ2) is 7.20. The van der Waals surface area contributed by atoms with Gasteiger partial charge in [0.1, 0.15) is 5.75 Å². The standard InChI is InChI=1S/C17H16O4/c1-2-3-12-20-14-7-4-13(5-8-14)6-9-15-10-11-16(21-15)17(18)19/h4-5,7-8,10-11H,2-3,12H2,1H3,(H,18,19). The molecular weight excluding hydrogens is 268 g/mol. The maximum Gasteiger partial charge on any atom is 0.371 e. The fraction of sp³-hybridized carbons (Fsp3) is 0.235. The van der Waals surface area contributed by atoms with Gasteiger partial charge in [-0.25, -0.2) is 4.79 Å². The van der Waals surface area contributed by atoms with Crippen molar-refractivity contribution in [3.8, 4) is 17.6 Å². The van der Waals surface area contributed by atoms with Crippen LogP contribution in [0.5, 0.6) is 5.75 Å². The van der Waals surface area contributed by atoms with E-state index < -0.39 is 5.97 Å².